The van der Waals surface area contributed by atoms with Gasteiger partial charge in [0.1, 0.15) is 0 Å². The number of aliphatic hydroxyl groups excluding tert-OH is 1. The highest BCUT2D eigenvalue weighted by atomic mass is 16.4. The van der Waals surface area contributed by atoms with Gasteiger partial charge < -0.3 is 10.2 Å². The van der Waals surface area contributed by atoms with Gasteiger partial charge >= 0.3 is 5.97 Å². The Morgan fingerprint density at radius 3 is 2.24 bits per heavy atom. The second kappa shape index (κ2) is 8.35. The number of Topliss-reactive ketones (excluding diaryl/α,β-unsaturated/α-hetero) is 2. The maximum absolute atomic E-state index is 12.5. The van der Waals surface area contributed by atoms with Gasteiger partial charge in [0.05, 0.1) is 5.56 Å². The average Bonchev–Trinajstić information content (AvgIpc) is 2.60. The van der Waals surface area contributed by atoms with Crippen LogP contribution in [0.4, 0.5) is 0 Å². The summed E-state index contributed by atoms with van der Waals surface area (Å²) in [6.07, 6.45) is 1.16. The van der Waals surface area contributed by atoms with E-state index in [1.165, 1.54) is 19.1 Å². The molecule has 2 aromatic carbocycles. The summed E-state index contributed by atoms with van der Waals surface area (Å²) < 4.78 is 0. The van der Waals surface area contributed by atoms with Crippen molar-refractivity contribution in [1.29, 1.82) is 0 Å². The predicted molar refractivity (Wildman–Crippen MR) is 93.3 cm³/mol. The van der Waals surface area contributed by atoms with Crippen molar-refractivity contribution < 1.29 is 24.6 Å². The summed E-state index contributed by atoms with van der Waals surface area (Å²) in [6.45, 7) is 1.51. The molecule has 0 atom stereocenters. The molecule has 0 amide bonds. The monoisotopic (exact) mass is 340 g/mol. The molecule has 0 spiro atoms. The van der Waals surface area contributed by atoms with Crippen LogP contribution >= 0.6 is 0 Å². The van der Waals surface area contributed by atoms with Gasteiger partial charge in [-0.05, 0) is 43.0 Å². The molecular formula is C20H20O5. The van der Waals surface area contributed by atoms with Crippen LogP contribution < -0.4 is 0 Å². The van der Waals surface area contributed by atoms with Crippen LogP contribution in [0.5, 0.6) is 0 Å². The third-order valence-electron chi connectivity index (χ3n) is 3.98. The number of carboxylic acid groups (broad SMARTS) is 1. The molecule has 0 aliphatic carbocycles. The minimum Gasteiger partial charge on any atom is -0.478 e. The van der Waals surface area contributed by atoms with Crippen LogP contribution in [0, 0.1) is 0 Å². The van der Waals surface area contributed by atoms with Crippen molar-refractivity contribution in [3.8, 4) is 0 Å². The standard InChI is InChI=1S/C20H20O5/c1-13(22)18-11-14(8-9-15(18)5-4-10-21)12-19(23)16-6-2-3-7-17(16)20(24)25/h2-3,6-9,11,21H,4-5,10,12H2,1H3,(H,24,25). The van der Waals surface area contributed by atoms with E-state index >= 15 is 0 Å². The van der Waals surface area contributed by atoms with Crippen LogP contribution in [0.2, 0.25) is 0 Å². The molecular weight excluding hydrogens is 320 g/mol. The summed E-state index contributed by atoms with van der Waals surface area (Å²) >= 11 is 0. The van der Waals surface area contributed by atoms with Crippen LogP contribution in [-0.2, 0) is 12.8 Å². The van der Waals surface area contributed by atoms with Crippen molar-refractivity contribution in [2.45, 2.75) is 26.2 Å². The van der Waals surface area contributed by atoms with Gasteiger partial charge in [-0.2, -0.15) is 0 Å². The second-order valence-corrected chi connectivity index (χ2v) is 5.83. The first-order valence-corrected chi connectivity index (χ1v) is 8.03. The maximum Gasteiger partial charge on any atom is 0.336 e. The van der Waals surface area contributed by atoms with Gasteiger partial charge in [-0.25, -0.2) is 4.79 Å². The van der Waals surface area contributed by atoms with E-state index in [1.807, 2.05) is 0 Å². The number of aromatic carboxylic acids is 1. The predicted octanol–water partition coefficient (Wildman–Crippen LogP) is 2.94. The summed E-state index contributed by atoms with van der Waals surface area (Å²) in [5, 5.41) is 18.1. The van der Waals surface area contributed by atoms with E-state index in [0.717, 1.165) is 5.56 Å². The van der Waals surface area contributed by atoms with Crippen LogP contribution in [0.25, 0.3) is 0 Å². The number of carbonyl (C=O) groups excluding carboxylic acids is 2. The Morgan fingerprint density at radius 2 is 1.64 bits per heavy atom. The summed E-state index contributed by atoms with van der Waals surface area (Å²) in [6, 6.07) is 11.3. The van der Waals surface area contributed by atoms with E-state index in [0.29, 0.717) is 24.0 Å². The molecule has 0 saturated carbocycles. The molecule has 0 saturated heterocycles. The molecule has 0 aliphatic rings. The Bertz CT molecular complexity index is 807. The van der Waals surface area contributed by atoms with E-state index in [-0.39, 0.29) is 35.7 Å². The molecule has 0 fully saturated rings. The minimum absolute atomic E-state index is 0.0187. The van der Waals surface area contributed by atoms with Crippen molar-refractivity contribution in [1.82, 2.24) is 0 Å². The fourth-order valence-corrected chi connectivity index (χ4v) is 2.74. The summed E-state index contributed by atoms with van der Waals surface area (Å²) in [5.74, 6) is -1.56. The fourth-order valence-electron chi connectivity index (χ4n) is 2.74. The lowest BCUT2D eigenvalue weighted by Crippen LogP contribution is -2.11. The van der Waals surface area contributed by atoms with E-state index in [1.54, 1.807) is 30.3 Å². The largest absolute Gasteiger partial charge is 0.478 e. The van der Waals surface area contributed by atoms with Gasteiger partial charge in [-0.1, -0.05) is 30.3 Å². The van der Waals surface area contributed by atoms with E-state index in [2.05, 4.69) is 0 Å². The van der Waals surface area contributed by atoms with Gasteiger partial charge in [-0.15, -0.1) is 0 Å². The number of aryl methyl sites for hydroxylation is 1. The number of carboxylic acids is 1. The van der Waals surface area contributed by atoms with Gasteiger partial charge in [0.2, 0.25) is 0 Å². The lowest BCUT2D eigenvalue weighted by Gasteiger charge is -2.10. The molecule has 25 heavy (non-hydrogen) atoms. The van der Waals surface area contributed by atoms with Gasteiger partial charge in [0, 0.05) is 24.2 Å². The number of ketones is 2. The third-order valence-corrected chi connectivity index (χ3v) is 3.98. The SMILES string of the molecule is CC(=O)c1cc(CC(=O)c2ccccc2C(=O)O)ccc1CCCO. The Hall–Kier alpha value is -2.79. The van der Waals surface area contributed by atoms with Crippen molar-refractivity contribution >= 4 is 17.5 Å². The molecule has 2 N–H and O–H groups in total. The third kappa shape index (κ3) is 4.61. The fraction of sp³-hybridized carbons (Fsp3) is 0.250. The molecule has 0 aliphatic heterocycles. The first kappa shape index (κ1) is 18.5. The topological polar surface area (TPSA) is 91.7 Å². The van der Waals surface area contributed by atoms with E-state index in [9.17, 15) is 19.5 Å². The molecule has 2 rings (SSSR count). The number of benzene rings is 2. The van der Waals surface area contributed by atoms with Crippen LogP contribution in [-0.4, -0.2) is 34.4 Å². The zero-order chi connectivity index (χ0) is 18.4. The van der Waals surface area contributed by atoms with Gasteiger partial charge in [0.25, 0.3) is 0 Å². The maximum atomic E-state index is 12.5. The quantitative estimate of drug-likeness (QED) is 0.721. The number of hydrogen-bond donors (Lipinski definition) is 2. The zero-order valence-corrected chi connectivity index (χ0v) is 14.0. The number of aliphatic hydroxyl groups is 1. The normalized spacial score (nSPS) is 10.5. The van der Waals surface area contributed by atoms with Gasteiger partial charge in [0.15, 0.2) is 11.6 Å². The molecule has 5 nitrogen and oxygen atoms in total. The second-order valence-electron chi connectivity index (χ2n) is 5.83. The lowest BCUT2D eigenvalue weighted by molar-refractivity contribution is 0.0691. The first-order chi connectivity index (χ1) is 11.9. The number of carbonyl (C=O) groups is 3. The molecule has 0 unspecified atom stereocenters. The van der Waals surface area contributed by atoms with Crippen molar-refractivity contribution in [2.75, 3.05) is 6.61 Å². The van der Waals surface area contributed by atoms with Gasteiger partial charge in [-0.3, -0.25) is 9.59 Å². The van der Waals surface area contributed by atoms with Crippen molar-refractivity contribution in [3.63, 3.8) is 0 Å². The summed E-state index contributed by atoms with van der Waals surface area (Å²) in [5.41, 5.74) is 2.15. The molecule has 0 aromatic heterocycles. The van der Waals surface area contributed by atoms with Crippen molar-refractivity contribution in [2.24, 2.45) is 0 Å². The molecule has 0 heterocycles. The minimum atomic E-state index is -1.15. The Labute approximate surface area is 145 Å². The molecule has 0 radical (unpaired) electrons. The van der Waals surface area contributed by atoms with Crippen LogP contribution in [0.15, 0.2) is 42.5 Å². The Balaban J connectivity index is 2.28. The Kier molecular flexibility index (Phi) is 6.19. The molecule has 5 heteroatoms. The highest BCUT2D eigenvalue weighted by Gasteiger charge is 2.17. The Morgan fingerprint density at radius 1 is 0.960 bits per heavy atom. The lowest BCUT2D eigenvalue weighted by atomic mass is 9.93. The average molecular weight is 340 g/mol. The highest BCUT2D eigenvalue weighted by Crippen LogP contribution is 2.18. The van der Waals surface area contributed by atoms with E-state index < -0.39 is 5.97 Å². The van der Waals surface area contributed by atoms with E-state index in [4.69, 9.17) is 5.11 Å². The molecule has 130 valence electrons. The molecule has 0 bridgehead atoms. The first-order valence-electron chi connectivity index (χ1n) is 8.03. The summed E-state index contributed by atoms with van der Waals surface area (Å²) in [7, 11) is 0. The van der Waals surface area contributed by atoms with Crippen molar-refractivity contribution in [3.05, 3.63) is 70.3 Å². The van der Waals surface area contributed by atoms with Crippen LogP contribution in [0.3, 0.4) is 0 Å². The smallest absolute Gasteiger partial charge is 0.336 e. The number of hydrogen-bond acceptors (Lipinski definition) is 4. The van der Waals surface area contributed by atoms with Crippen LogP contribution in [0.1, 0.15) is 55.5 Å². The zero-order valence-electron chi connectivity index (χ0n) is 14.0. The summed E-state index contributed by atoms with van der Waals surface area (Å²) in [4.78, 5) is 35.6. The highest BCUT2D eigenvalue weighted by molar-refractivity contribution is 6.06. The molecule has 2 aromatic rings. The number of rotatable bonds is 8.